The summed E-state index contributed by atoms with van der Waals surface area (Å²) in [5.41, 5.74) is 0.752. The van der Waals surface area contributed by atoms with Gasteiger partial charge in [-0.15, -0.1) is 0 Å². The molecule has 0 radical (unpaired) electrons. The van der Waals surface area contributed by atoms with E-state index in [4.69, 9.17) is 4.74 Å². The maximum atomic E-state index is 12.4. The van der Waals surface area contributed by atoms with Crippen molar-refractivity contribution in [3.8, 4) is 5.75 Å². The molecule has 122 valence electrons. The van der Waals surface area contributed by atoms with Gasteiger partial charge in [0.15, 0.2) is 5.75 Å². The molecule has 2 heterocycles. The van der Waals surface area contributed by atoms with Gasteiger partial charge in [-0.05, 0) is 26.1 Å². The Kier molecular flexibility index (Phi) is 3.96. The molecule has 7 nitrogen and oxygen atoms in total. The number of rotatable bonds is 5. The van der Waals surface area contributed by atoms with Crippen LogP contribution in [0.15, 0.2) is 23.1 Å². The van der Waals surface area contributed by atoms with E-state index in [9.17, 15) is 14.7 Å². The number of aromatic carboxylic acids is 1. The van der Waals surface area contributed by atoms with E-state index in [0.29, 0.717) is 29.8 Å². The zero-order chi connectivity index (χ0) is 16.6. The van der Waals surface area contributed by atoms with E-state index in [1.54, 1.807) is 12.1 Å². The van der Waals surface area contributed by atoms with Gasteiger partial charge in [0.05, 0.1) is 22.6 Å². The van der Waals surface area contributed by atoms with Crippen LogP contribution in [0.4, 0.5) is 5.69 Å². The minimum atomic E-state index is -1.21. The van der Waals surface area contributed by atoms with Crippen molar-refractivity contribution in [1.29, 1.82) is 0 Å². The highest BCUT2D eigenvalue weighted by atomic mass is 16.5. The Balaban J connectivity index is 2.23. The number of carboxylic acids is 1. The molecule has 0 aliphatic carbocycles. The first-order valence-electron chi connectivity index (χ1n) is 7.51. The van der Waals surface area contributed by atoms with E-state index in [0.717, 1.165) is 12.2 Å². The van der Waals surface area contributed by atoms with Gasteiger partial charge in [-0.25, -0.2) is 4.79 Å². The number of benzene rings is 1. The molecule has 0 spiro atoms. The van der Waals surface area contributed by atoms with E-state index in [2.05, 4.69) is 10.6 Å². The smallest absolute Gasteiger partial charge is 0.341 e. The van der Waals surface area contributed by atoms with E-state index >= 15 is 0 Å². The maximum Gasteiger partial charge on any atom is 0.341 e. The second kappa shape index (κ2) is 5.92. The molecule has 1 aliphatic rings. The molecule has 0 amide bonds. The van der Waals surface area contributed by atoms with Crippen molar-refractivity contribution in [1.82, 2.24) is 9.88 Å². The lowest BCUT2D eigenvalue weighted by Crippen LogP contribution is -2.27. The van der Waals surface area contributed by atoms with Crippen molar-refractivity contribution in [3.63, 3.8) is 0 Å². The topological polar surface area (TPSA) is 92.6 Å². The van der Waals surface area contributed by atoms with Crippen molar-refractivity contribution >= 4 is 22.6 Å². The average molecular weight is 317 g/mol. The molecule has 0 fully saturated rings. The van der Waals surface area contributed by atoms with Gasteiger partial charge in [-0.2, -0.15) is 0 Å². The molecule has 0 saturated carbocycles. The minimum absolute atomic E-state index is 0.0451. The summed E-state index contributed by atoms with van der Waals surface area (Å²) in [5, 5.41) is 15.9. The standard InChI is InChI=1S/C16H19N3O4/c1-9-8-23-15-12(18-6-5-17-2)4-3-10-13(15)19(9)7-11(14(10)20)16(21)22/h3-4,7,9,17-18H,5-6,8H2,1-2H3,(H,21,22)/t9-/m0/s1. The quantitative estimate of drug-likeness (QED) is 0.720. The van der Waals surface area contributed by atoms with Gasteiger partial charge in [-0.3, -0.25) is 4.79 Å². The number of hydrogen-bond donors (Lipinski definition) is 3. The fourth-order valence-electron chi connectivity index (χ4n) is 2.81. The number of aromatic nitrogens is 1. The van der Waals surface area contributed by atoms with Gasteiger partial charge in [0.2, 0.25) is 5.43 Å². The minimum Gasteiger partial charge on any atom is -0.487 e. The van der Waals surface area contributed by atoms with Gasteiger partial charge >= 0.3 is 5.97 Å². The maximum absolute atomic E-state index is 12.4. The van der Waals surface area contributed by atoms with Crippen molar-refractivity contribution < 1.29 is 14.6 Å². The zero-order valence-corrected chi connectivity index (χ0v) is 13.0. The third-order valence-electron chi connectivity index (χ3n) is 4.01. The predicted molar refractivity (Wildman–Crippen MR) is 87.8 cm³/mol. The molecule has 23 heavy (non-hydrogen) atoms. The molecule has 0 unspecified atom stereocenters. The monoisotopic (exact) mass is 317 g/mol. The Morgan fingerprint density at radius 2 is 2.22 bits per heavy atom. The Morgan fingerprint density at radius 1 is 1.43 bits per heavy atom. The van der Waals surface area contributed by atoms with Crippen LogP contribution in [0, 0.1) is 0 Å². The van der Waals surface area contributed by atoms with E-state index < -0.39 is 11.4 Å². The summed E-state index contributed by atoms with van der Waals surface area (Å²) in [4.78, 5) is 23.7. The second-order valence-electron chi connectivity index (χ2n) is 5.61. The Bertz CT molecular complexity index is 828. The number of nitrogens with zero attached hydrogens (tertiary/aromatic N) is 1. The fourth-order valence-corrected chi connectivity index (χ4v) is 2.81. The summed E-state index contributed by atoms with van der Waals surface area (Å²) < 4.78 is 7.66. The summed E-state index contributed by atoms with van der Waals surface area (Å²) in [6.45, 7) is 3.86. The summed E-state index contributed by atoms with van der Waals surface area (Å²) in [6, 6.07) is 3.38. The molecule has 1 aromatic carbocycles. The van der Waals surface area contributed by atoms with Crippen molar-refractivity contribution in [2.75, 3.05) is 32.1 Å². The van der Waals surface area contributed by atoms with Crippen molar-refractivity contribution in [2.24, 2.45) is 0 Å². The highest BCUT2D eigenvalue weighted by molar-refractivity contribution is 5.96. The molecule has 1 atom stereocenters. The first kappa shape index (κ1) is 15.4. The summed E-state index contributed by atoms with van der Waals surface area (Å²) in [5.74, 6) is -0.608. The number of pyridine rings is 1. The van der Waals surface area contributed by atoms with Crippen molar-refractivity contribution in [2.45, 2.75) is 13.0 Å². The molecule has 3 N–H and O–H groups in total. The normalized spacial score (nSPS) is 16.2. The van der Waals surface area contributed by atoms with Crippen LogP contribution in [0.1, 0.15) is 23.3 Å². The molecule has 3 rings (SSSR count). The molecule has 1 aliphatic heterocycles. The van der Waals surface area contributed by atoms with E-state index in [-0.39, 0.29) is 11.6 Å². The van der Waals surface area contributed by atoms with Crippen molar-refractivity contribution in [3.05, 3.63) is 34.1 Å². The zero-order valence-electron chi connectivity index (χ0n) is 13.0. The van der Waals surface area contributed by atoms with Gasteiger partial charge in [0.1, 0.15) is 12.2 Å². The van der Waals surface area contributed by atoms with Crippen LogP contribution in [0.5, 0.6) is 5.75 Å². The van der Waals surface area contributed by atoms with Gasteiger partial charge < -0.3 is 25.0 Å². The number of anilines is 1. The SMILES string of the molecule is CNCCNc1ccc2c(=O)c(C(=O)O)cn3c2c1OC[C@@H]3C. The summed E-state index contributed by atoms with van der Waals surface area (Å²) >= 11 is 0. The van der Waals surface area contributed by atoms with Crippen LogP contribution < -0.4 is 20.8 Å². The Labute approximate surface area is 132 Å². The Morgan fingerprint density at radius 3 is 2.91 bits per heavy atom. The Hall–Kier alpha value is -2.54. The second-order valence-corrected chi connectivity index (χ2v) is 5.61. The van der Waals surface area contributed by atoms with Crippen LogP contribution in [0.25, 0.3) is 10.9 Å². The highest BCUT2D eigenvalue weighted by Gasteiger charge is 2.25. The molecule has 2 aromatic rings. The third kappa shape index (κ3) is 2.53. The number of hydrogen-bond acceptors (Lipinski definition) is 5. The lowest BCUT2D eigenvalue weighted by Gasteiger charge is -2.28. The van der Waals surface area contributed by atoms with Crippen LogP contribution >= 0.6 is 0 Å². The number of carbonyl (C=O) groups is 1. The van der Waals surface area contributed by atoms with Crippen LogP contribution in [0.3, 0.4) is 0 Å². The largest absolute Gasteiger partial charge is 0.487 e. The summed E-state index contributed by atoms with van der Waals surface area (Å²) in [7, 11) is 1.87. The third-order valence-corrected chi connectivity index (χ3v) is 4.01. The molecule has 7 heteroatoms. The molecule has 0 saturated heterocycles. The number of ether oxygens (including phenoxy) is 1. The van der Waals surface area contributed by atoms with Crippen LogP contribution in [-0.4, -0.2) is 42.4 Å². The summed E-state index contributed by atoms with van der Waals surface area (Å²) in [6.07, 6.45) is 1.42. The lowest BCUT2D eigenvalue weighted by molar-refractivity contribution is 0.0694. The van der Waals surface area contributed by atoms with Crippen LogP contribution in [-0.2, 0) is 0 Å². The van der Waals surface area contributed by atoms with Gasteiger partial charge in [-0.1, -0.05) is 0 Å². The number of carboxylic acid groups (broad SMARTS) is 1. The lowest BCUT2D eigenvalue weighted by atomic mass is 10.1. The first-order valence-corrected chi connectivity index (χ1v) is 7.51. The highest BCUT2D eigenvalue weighted by Crippen LogP contribution is 2.37. The van der Waals surface area contributed by atoms with Crippen LogP contribution in [0.2, 0.25) is 0 Å². The van der Waals surface area contributed by atoms with E-state index in [1.807, 2.05) is 18.5 Å². The molecular weight excluding hydrogens is 298 g/mol. The predicted octanol–water partition coefficient (Wildman–Crippen LogP) is 1.28. The fraction of sp³-hybridized carbons (Fsp3) is 0.375. The molecule has 0 bridgehead atoms. The molecular formula is C16H19N3O4. The van der Waals surface area contributed by atoms with Gasteiger partial charge in [0.25, 0.3) is 0 Å². The molecule has 1 aromatic heterocycles. The first-order chi connectivity index (χ1) is 11.0. The van der Waals surface area contributed by atoms with E-state index in [1.165, 1.54) is 6.20 Å². The number of likely N-dealkylation sites (N-methyl/N-ethyl adjacent to an activating group) is 1. The number of nitrogens with one attached hydrogen (secondary N) is 2. The average Bonchev–Trinajstić information content (AvgIpc) is 2.53. The van der Waals surface area contributed by atoms with Gasteiger partial charge in [0, 0.05) is 19.3 Å².